The third kappa shape index (κ3) is 5.08. The highest BCUT2D eigenvalue weighted by molar-refractivity contribution is 5.81. The van der Waals surface area contributed by atoms with Crippen molar-refractivity contribution in [2.24, 2.45) is 11.8 Å². The maximum absolute atomic E-state index is 12.4. The molecule has 1 atom stereocenters. The Hall–Kier alpha value is -1.84. The number of rotatable bonds is 7. The van der Waals surface area contributed by atoms with Crippen LogP contribution >= 0.6 is 0 Å². The summed E-state index contributed by atoms with van der Waals surface area (Å²) in [6.45, 7) is 2.22. The van der Waals surface area contributed by atoms with Crippen molar-refractivity contribution in [2.45, 2.75) is 44.9 Å². The third-order valence-corrected chi connectivity index (χ3v) is 5.11. The highest BCUT2D eigenvalue weighted by Crippen LogP contribution is 2.28. The normalized spacial score (nSPS) is 20.7. The average molecular weight is 328 g/mol. The van der Waals surface area contributed by atoms with Crippen LogP contribution in [0.25, 0.3) is 0 Å². The van der Waals surface area contributed by atoms with Gasteiger partial charge >= 0.3 is 0 Å². The van der Waals surface area contributed by atoms with Gasteiger partial charge in [0.25, 0.3) is 0 Å². The van der Waals surface area contributed by atoms with Crippen LogP contribution in [0, 0.1) is 11.8 Å². The topological polar surface area (TPSA) is 49.4 Å². The summed E-state index contributed by atoms with van der Waals surface area (Å²) < 4.78 is 0. The zero-order chi connectivity index (χ0) is 16.8. The number of nitrogens with one attached hydrogen (secondary N) is 1. The van der Waals surface area contributed by atoms with Crippen LogP contribution in [-0.2, 0) is 16.0 Å². The molecule has 130 valence electrons. The van der Waals surface area contributed by atoms with Gasteiger partial charge in [-0.05, 0) is 50.0 Å². The lowest BCUT2D eigenvalue weighted by Gasteiger charge is -2.32. The van der Waals surface area contributed by atoms with E-state index in [1.54, 1.807) is 0 Å². The number of aryl methyl sites for hydroxylation is 1. The Kier molecular flexibility index (Phi) is 5.89. The van der Waals surface area contributed by atoms with Crippen LogP contribution in [0.4, 0.5) is 0 Å². The molecule has 0 spiro atoms. The lowest BCUT2D eigenvalue weighted by Crippen LogP contribution is -2.45. The van der Waals surface area contributed by atoms with Crippen LogP contribution in [-0.4, -0.2) is 36.3 Å². The summed E-state index contributed by atoms with van der Waals surface area (Å²) in [7, 11) is 0. The monoisotopic (exact) mass is 328 g/mol. The molecular weight excluding hydrogens is 300 g/mol. The molecule has 1 aromatic carbocycles. The first-order chi connectivity index (χ1) is 11.7. The molecule has 1 aliphatic heterocycles. The summed E-state index contributed by atoms with van der Waals surface area (Å²) in [5.74, 6) is 1.03. The van der Waals surface area contributed by atoms with Crippen LogP contribution in [0.2, 0.25) is 0 Å². The largest absolute Gasteiger partial charge is 0.356 e. The Labute approximate surface area is 144 Å². The second-order valence-electron chi connectivity index (χ2n) is 7.21. The summed E-state index contributed by atoms with van der Waals surface area (Å²) in [5.41, 5.74) is 1.28. The minimum absolute atomic E-state index is 0.0180. The van der Waals surface area contributed by atoms with Crippen LogP contribution in [0.3, 0.4) is 0 Å². The van der Waals surface area contributed by atoms with E-state index < -0.39 is 0 Å². The van der Waals surface area contributed by atoms with Crippen molar-refractivity contribution in [3.05, 3.63) is 35.9 Å². The number of hydrogen-bond donors (Lipinski definition) is 1. The third-order valence-electron chi connectivity index (χ3n) is 5.11. The van der Waals surface area contributed by atoms with E-state index in [2.05, 4.69) is 17.4 Å². The van der Waals surface area contributed by atoms with Gasteiger partial charge < -0.3 is 10.2 Å². The van der Waals surface area contributed by atoms with Gasteiger partial charge in [-0.3, -0.25) is 9.59 Å². The van der Waals surface area contributed by atoms with E-state index in [-0.39, 0.29) is 17.7 Å². The molecule has 4 nitrogen and oxygen atoms in total. The molecule has 2 aliphatic rings. The Bertz CT molecular complexity index is 554. The first kappa shape index (κ1) is 17.0. The molecular formula is C20H28N2O2. The minimum Gasteiger partial charge on any atom is -0.356 e. The first-order valence-electron chi connectivity index (χ1n) is 9.32. The van der Waals surface area contributed by atoms with Crippen molar-refractivity contribution in [3.8, 4) is 0 Å². The summed E-state index contributed by atoms with van der Waals surface area (Å²) in [6.07, 6.45) is 6.72. The number of nitrogens with zero attached hydrogens (tertiary/aromatic N) is 1. The molecule has 24 heavy (non-hydrogen) atoms. The average Bonchev–Trinajstić information content (AvgIpc) is 3.45. The predicted molar refractivity (Wildman–Crippen MR) is 94.4 cm³/mol. The van der Waals surface area contributed by atoms with Crippen molar-refractivity contribution < 1.29 is 9.59 Å². The van der Waals surface area contributed by atoms with Gasteiger partial charge in [-0.25, -0.2) is 0 Å². The molecule has 1 aliphatic carbocycles. The first-order valence-corrected chi connectivity index (χ1v) is 9.32. The molecule has 1 N–H and O–H groups in total. The molecule has 1 heterocycles. The molecule has 2 amide bonds. The van der Waals surface area contributed by atoms with E-state index in [1.807, 2.05) is 23.1 Å². The SMILES string of the molecule is O=C(NCC1CC1)[C@H]1CCCN(C(=O)CCCc2ccccc2)C1. The minimum atomic E-state index is -0.0180. The Morgan fingerprint density at radius 1 is 1.12 bits per heavy atom. The Balaban J connectivity index is 1.39. The van der Waals surface area contributed by atoms with Crippen LogP contribution in [0.5, 0.6) is 0 Å². The molecule has 4 heteroatoms. The zero-order valence-electron chi connectivity index (χ0n) is 14.4. The molecule has 2 fully saturated rings. The second-order valence-corrected chi connectivity index (χ2v) is 7.21. The maximum atomic E-state index is 12.4. The van der Waals surface area contributed by atoms with E-state index >= 15 is 0 Å². The maximum Gasteiger partial charge on any atom is 0.224 e. The van der Waals surface area contributed by atoms with Crippen LogP contribution in [0.1, 0.15) is 44.1 Å². The molecule has 0 aromatic heterocycles. The van der Waals surface area contributed by atoms with Crippen molar-refractivity contribution in [1.82, 2.24) is 10.2 Å². The number of carbonyl (C=O) groups is 2. The molecule has 0 radical (unpaired) electrons. The second kappa shape index (κ2) is 8.32. The number of likely N-dealkylation sites (tertiary alicyclic amines) is 1. The lowest BCUT2D eigenvalue weighted by atomic mass is 9.96. The number of carbonyl (C=O) groups excluding carboxylic acids is 2. The van der Waals surface area contributed by atoms with Gasteiger partial charge in [0, 0.05) is 26.1 Å². The fourth-order valence-corrected chi connectivity index (χ4v) is 3.38. The number of amides is 2. The highest BCUT2D eigenvalue weighted by atomic mass is 16.2. The molecule has 1 saturated heterocycles. The quantitative estimate of drug-likeness (QED) is 0.837. The Morgan fingerprint density at radius 2 is 1.92 bits per heavy atom. The predicted octanol–water partition coefficient (Wildman–Crippen LogP) is 2.77. The van der Waals surface area contributed by atoms with Gasteiger partial charge in [-0.2, -0.15) is 0 Å². The fourth-order valence-electron chi connectivity index (χ4n) is 3.38. The highest BCUT2D eigenvalue weighted by Gasteiger charge is 2.29. The van der Waals surface area contributed by atoms with E-state index in [0.29, 0.717) is 18.9 Å². The van der Waals surface area contributed by atoms with Gasteiger partial charge in [0.15, 0.2) is 0 Å². The van der Waals surface area contributed by atoms with Gasteiger partial charge in [0.1, 0.15) is 0 Å². The molecule has 1 saturated carbocycles. The van der Waals surface area contributed by atoms with Crippen molar-refractivity contribution in [1.29, 1.82) is 0 Å². The van der Waals surface area contributed by atoms with Gasteiger partial charge in [0.05, 0.1) is 5.92 Å². The van der Waals surface area contributed by atoms with Crippen LogP contribution in [0.15, 0.2) is 30.3 Å². The van der Waals surface area contributed by atoms with E-state index in [4.69, 9.17) is 0 Å². The molecule has 0 bridgehead atoms. The van der Waals surface area contributed by atoms with Crippen LogP contribution < -0.4 is 5.32 Å². The summed E-state index contributed by atoms with van der Waals surface area (Å²) in [5, 5.41) is 3.06. The lowest BCUT2D eigenvalue weighted by molar-refractivity contribution is -0.135. The fraction of sp³-hybridized carbons (Fsp3) is 0.600. The Morgan fingerprint density at radius 3 is 2.67 bits per heavy atom. The number of hydrogen-bond acceptors (Lipinski definition) is 2. The molecule has 3 rings (SSSR count). The van der Waals surface area contributed by atoms with Crippen molar-refractivity contribution in [2.75, 3.05) is 19.6 Å². The van der Waals surface area contributed by atoms with Gasteiger partial charge in [-0.1, -0.05) is 30.3 Å². The van der Waals surface area contributed by atoms with Gasteiger partial charge in [-0.15, -0.1) is 0 Å². The number of piperidine rings is 1. The van der Waals surface area contributed by atoms with Crippen molar-refractivity contribution in [3.63, 3.8) is 0 Å². The van der Waals surface area contributed by atoms with E-state index in [1.165, 1.54) is 18.4 Å². The summed E-state index contributed by atoms with van der Waals surface area (Å²) in [4.78, 5) is 26.6. The summed E-state index contributed by atoms with van der Waals surface area (Å²) >= 11 is 0. The smallest absolute Gasteiger partial charge is 0.224 e. The van der Waals surface area contributed by atoms with Gasteiger partial charge in [0.2, 0.25) is 11.8 Å². The van der Waals surface area contributed by atoms with E-state index in [9.17, 15) is 9.59 Å². The molecule has 1 aromatic rings. The standard InChI is InChI=1S/C20H28N2O2/c23-19(10-4-8-16-6-2-1-3-7-16)22-13-5-9-18(15-22)20(24)21-14-17-11-12-17/h1-3,6-7,17-18H,4-5,8-15H2,(H,21,24)/t18-/m0/s1. The van der Waals surface area contributed by atoms with E-state index in [0.717, 1.165) is 38.8 Å². The van der Waals surface area contributed by atoms with Crippen molar-refractivity contribution >= 4 is 11.8 Å². The summed E-state index contributed by atoms with van der Waals surface area (Å²) in [6, 6.07) is 10.3. The number of benzene rings is 1. The molecule has 0 unspecified atom stereocenters. The zero-order valence-corrected chi connectivity index (χ0v) is 14.4.